The lowest BCUT2D eigenvalue weighted by Crippen LogP contribution is -1.86. The van der Waals surface area contributed by atoms with E-state index in [-0.39, 0.29) is 0 Å². The summed E-state index contributed by atoms with van der Waals surface area (Å²) in [7, 11) is 0. The van der Waals surface area contributed by atoms with Crippen molar-refractivity contribution >= 4 is 0 Å². The molecule has 0 aromatic heterocycles. The van der Waals surface area contributed by atoms with Crippen molar-refractivity contribution in [3.8, 4) is 11.1 Å². The van der Waals surface area contributed by atoms with E-state index in [0.29, 0.717) is 0 Å². The third-order valence-corrected chi connectivity index (χ3v) is 3.32. The molecule has 0 nitrogen and oxygen atoms in total. The Hall–Kier alpha value is -2.08. The quantitative estimate of drug-likeness (QED) is 0.714. The molecule has 2 aromatic rings. The molecule has 0 bridgehead atoms. The van der Waals surface area contributed by atoms with E-state index in [0.717, 1.165) is 12.8 Å². The fraction of sp³-hybridized carbons (Fsp3) is 0.111. The van der Waals surface area contributed by atoms with Crippen LogP contribution >= 0.6 is 0 Å². The zero-order chi connectivity index (χ0) is 12.2. The smallest absolute Gasteiger partial charge is 0.00289 e. The SMILES string of the molecule is C1=CC(Cc2ccc(-c3ccccc3)cc2)=CC1. The fourth-order valence-corrected chi connectivity index (χ4v) is 2.32. The Kier molecular flexibility index (Phi) is 3.10. The molecule has 0 atom stereocenters. The van der Waals surface area contributed by atoms with Crippen molar-refractivity contribution in [2.45, 2.75) is 12.8 Å². The van der Waals surface area contributed by atoms with Gasteiger partial charge in [-0.1, -0.05) is 72.8 Å². The number of rotatable bonds is 3. The molecular weight excluding hydrogens is 216 g/mol. The molecule has 0 N–H and O–H groups in total. The molecule has 3 rings (SSSR count). The maximum atomic E-state index is 2.30. The van der Waals surface area contributed by atoms with Gasteiger partial charge in [-0.3, -0.25) is 0 Å². The first-order chi connectivity index (χ1) is 8.92. The Morgan fingerprint density at radius 1 is 0.778 bits per heavy atom. The number of hydrogen-bond acceptors (Lipinski definition) is 0. The maximum absolute atomic E-state index is 2.30. The van der Waals surface area contributed by atoms with Crippen LogP contribution in [0.5, 0.6) is 0 Å². The average molecular weight is 232 g/mol. The summed E-state index contributed by atoms with van der Waals surface area (Å²) in [6.07, 6.45) is 8.88. The van der Waals surface area contributed by atoms with Crippen molar-refractivity contribution < 1.29 is 0 Å². The standard InChI is InChI=1S/C18H16/c1-2-8-17(9-3-1)18-12-10-16(11-13-18)14-15-6-4-5-7-15/h1-4,6-13H,5,14H2. The van der Waals surface area contributed by atoms with Gasteiger partial charge in [0, 0.05) is 0 Å². The normalized spacial score (nSPS) is 13.7. The summed E-state index contributed by atoms with van der Waals surface area (Å²) >= 11 is 0. The highest BCUT2D eigenvalue weighted by atomic mass is 14.1. The monoisotopic (exact) mass is 232 g/mol. The molecule has 0 aliphatic heterocycles. The van der Waals surface area contributed by atoms with Crippen LogP contribution in [-0.2, 0) is 6.42 Å². The second kappa shape index (κ2) is 5.05. The Morgan fingerprint density at radius 3 is 2.17 bits per heavy atom. The van der Waals surface area contributed by atoms with Crippen molar-refractivity contribution in [1.29, 1.82) is 0 Å². The van der Waals surface area contributed by atoms with Crippen LogP contribution in [0, 0.1) is 0 Å². The molecule has 18 heavy (non-hydrogen) atoms. The van der Waals surface area contributed by atoms with Gasteiger partial charge >= 0.3 is 0 Å². The van der Waals surface area contributed by atoms with Gasteiger partial charge in [-0.2, -0.15) is 0 Å². The van der Waals surface area contributed by atoms with E-state index in [2.05, 4.69) is 72.8 Å². The molecule has 0 heteroatoms. The van der Waals surface area contributed by atoms with Crippen molar-refractivity contribution in [2.75, 3.05) is 0 Å². The maximum Gasteiger partial charge on any atom is -0.00289 e. The van der Waals surface area contributed by atoms with Gasteiger partial charge in [-0.15, -0.1) is 0 Å². The molecule has 0 spiro atoms. The van der Waals surface area contributed by atoms with Crippen molar-refractivity contribution in [2.24, 2.45) is 0 Å². The highest BCUT2D eigenvalue weighted by molar-refractivity contribution is 5.63. The van der Waals surface area contributed by atoms with Crippen LogP contribution in [-0.4, -0.2) is 0 Å². The first kappa shape index (κ1) is 11.0. The number of benzene rings is 2. The molecule has 2 aromatic carbocycles. The van der Waals surface area contributed by atoms with Gasteiger partial charge in [0.1, 0.15) is 0 Å². The minimum absolute atomic E-state index is 1.05. The van der Waals surface area contributed by atoms with Crippen LogP contribution < -0.4 is 0 Å². The van der Waals surface area contributed by atoms with Gasteiger partial charge in [-0.25, -0.2) is 0 Å². The summed E-state index contributed by atoms with van der Waals surface area (Å²) in [5, 5.41) is 0. The van der Waals surface area contributed by atoms with Crippen LogP contribution in [0.4, 0.5) is 0 Å². The lowest BCUT2D eigenvalue weighted by atomic mass is 10.0. The lowest BCUT2D eigenvalue weighted by Gasteiger charge is -2.04. The molecule has 0 radical (unpaired) electrons. The van der Waals surface area contributed by atoms with Crippen LogP contribution in [0.15, 0.2) is 78.4 Å². The molecular formula is C18H16. The van der Waals surface area contributed by atoms with E-state index in [1.54, 1.807) is 0 Å². The Labute approximate surface area is 108 Å². The highest BCUT2D eigenvalue weighted by Gasteiger charge is 2.01. The van der Waals surface area contributed by atoms with E-state index in [9.17, 15) is 0 Å². The second-order valence-corrected chi connectivity index (χ2v) is 4.66. The summed E-state index contributed by atoms with van der Waals surface area (Å²) in [6.45, 7) is 0. The van der Waals surface area contributed by atoms with Crippen LogP contribution in [0.2, 0.25) is 0 Å². The molecule has 88 valence electrons. The number of allylic oxidation sites excluding steroid dienone is 4. The molecule has 0 amide bonds. The molecule has 1 aliphatic carbocycles. The lowest BCUT2D eigenvalue weighted by molar-refractivity contribution is 1.20. The third kappa shape index (κ3) is 2.43. The number of hydrogen-bond donors (Lipinski definition) is 0. The van der Waals surface area contributed by atoms with Crippen molar-refractivity contribution in [3.63, 3.8) is 0 Å². The van der Waals surface area contributed by atoms with Gasteiger partial charge < -0.3 is 0 Å². The minimum Gasteiger partial charge on any atom is -0.0805 e. The Bertz CT molecular complexity index is 571. The van der Waals surface area contributed by atoms with E-state index in [1.807, 2.05) is 0 Å². The van der Waals surface area contributed by atoms with E-state index < -0.39 is 0 Å². The third-order valence-electron chi connectivity index (χ3n) is 3.32. The van der Waals surface area contributed by atoms with Crippen molar-refractivity contribution in [3.05, 3.63) is 84.0 Å². The largest absolute Gasteiger partial charge is 0.0805 e. The Balaban J connectivity index is 1.79. The van der Waals surface area contributed by atoms with Gasteiger partial charge in [0.05, 0.1) is 0 Å². The summed E-state index contributed by atoms with van der Waals surface area (Å²) in [5.41, 5.74) is 5.38. The highest BCUT2D eigenvalue weighted by Crippen LogP contribution is 2.21. The molecule has 0 saturated carbocycles. The van der Waals surface area contributed by atoms with E-state index in [4.69, 9.17) is 0 Å². The molecule has 0 unspecified atom stereocenters. The van der Waals surface area contributed by atoms with Gasteiger partial charge in [0.25, 0.3) is 0 Å². The predicted octanol–water partition coefficient (Wildman–Crippen LogP) is 4.78. The minimum atomic E-state index is 1.05. The predicted molar refractivity (Wildman–Crippen MR) is 77.4 cm³/mol. The van der Waals surface area contributed by atoms with Crippen LogP contribution in [0.3, 0.4) is 0 Å². The summed E-state index contributed by atoms with van der Waals surface area (Å²) < 4.78 is 0. The first-order valence-corrected chi connectivity index (χ1v) is 6.42. The molecule has 0 fully saturated rings. The van der Waals surface area contributed by atoms with E-state index in [1.165, 1.54) is 22.3 Å². The van der Waals surface area contributed by atoms with Crippen LogP contribution in [0.1, 0.15) is 12.0 Å². The van der Waals surface area contributed by atoms with E-state index >= 15 is 0 Å². The Morgan fingerprint density at radius 2 is 1.50 bits per heavy atom. The topological polar surface area (TPSA) is 0 Å². The van der Waals surface area contributed by atoms with Gasteiger partial charge in [0.2, 0.25) is 0 Å². The fourth-order valence-electron chi connectivity index (χ4n) is 2.32. The summed E-state index contributed by atoms with van der Waals surface area (Å²) in [5.74, 6) is 0. The zero-order valence-corrected chi connectivity index (χ0v) is 10.3. The van der Waals surface area contributed by atoms with Crippen LogP contribution in [0.25, 0.3) is 11.1 Å². The zero-order valence-electron chi connectivity index (χ0n) is 10.3. The average Bonchev–Trinajstić information content (AvgIpc) is 2.94. The first-order valence-electron chi connectivity index (χ1n) is 6.42. The second-order valence-electron chi connectivity index (χ2n) is 4.66. The van der Waals surface area contributed by atoms with Gasteiger partial charge in [0.15, 0.2) is 0 Å². The molecule has 0 saturated heterocycles. The summed E-state index contributed by atoms with van der Waals surface area (Å²) in [4.78, 5) is 0. The molecule has 0 heterocycles. The molecule has 1 aliphatic rings. The van der Waals surface area contributed by atoms with Crippen molar-refractivity contribution in [1.82, 2.24) is 0 Å². The summed E-state index contributed by atoms with van der Waals surface area (Å²) in [6, 6.07) is 19.4. The van der Waals surface area contributed by atoms with Gasteiger partial charge in [-0.05, 0) is 35.1 Å².